The van der Waals surface area contributed by atoms with Gasteiger partial charge in [0.05, 0.1) is 16.9 Å². The van der Waals surface area contributed by atoms with Gasteiger partial charge in [-0.2, -0.15) is 10.4 Å². The van der Waals surface area contributed by atoms with Gasteiger partial charge in [0.2, 0.25) is 0 Å². The van der Waals surface area contributed by atoms with Crippen molar-refractivity contribution >= 4 is 5.82 Å². The Morgan fingerprint density at radius 3 is 3.00 bits per heavy atom. The molecule has 0 bridgehead atoms. The lowest BCUT2D eigenvalue weighted by Crippen LogP contribution is -2.34. The van der Waals surface area contributed by atoms with Crippen molar-refractivity contribution in [3.63, 3.8) is 0 Å². The van der Waals surface area contributed by atoms with E-state index in [9.17, 15) is 5.26 Å². The molecule has 1 saturated heterocycles. The zero-order chi connectivity index (χ0) is 17.9. The standard InChI is InChI=1S/C21H27N5/c1-2-25-13-7-9-17(15-25)20-18-10-5-6-12-23-21(18)26(24-20)19-11-4-3-8-16(19)14-22/h3-4,8,11,17,23H,2,5-7,9-10,12-13,15H2,1H3. The van der Waals surface area contributed by atoms with E-state index in [2.05, 4.69) is 23.2 Å². The number of piperidine rings is 1. The highest BCUT2D eigenvalue weighted by molar-refractivity contribution is 5.59. The molecule has 5 heteroatoms. The van der Waals surface area contributed by atoms with Gasteiger partial charge in [0.25, 0.3) is 0 Å². The second-order valence-corrected chi connectivity index (χ2v) is 7.37. The van der Waals surface area contributed by atoms with Gasteiger partial charge in [-0.15, -0.1) is 0 Å². The van der Waals surface area contributed by atoms with Gasteiger partial charge in [-0.05, 0) is 57.3 Å². The SMILES string of the molecule is CCN1CCCC(c2nn(-c3ccccc3C#N)c3c2CCCCN3)C1. The Morgan fingerprint density at radius 2 is 2.15 bits per heavy atom. The van der Waals surface area contributed by atoms with Gasteiger partial charge in [-0.3, -0.25) is 0 Å². The highest BCUT2D eigenvalue weighted by atomic mass is 15.3. The molecule has 26 heavy (non-hydrogen) atoms. The molecule has 1 fully saturated rings. The van der Waals surface area contributed by atoms with Crippen LogP contribution >= 0.6 is 0 Å². The van der Waals surface area contributed by atoms with E-state index in [0.717, 1.165) is 37.6 Å². The maximum absolute atomic E-state index is 9.54. The average molecular weight is 349 g/mol. The minimum atomic E-state index is 0.493. The summed E-state index contributed by atoms with van der Waals surface area (Å²) in [5, 5.41) is 18.2. The molecule has 1 unspecified atom stereocenters. The van der Waals surface area contributed by atoms with Crippen LogP contribution in [0.5, 0.6) is 0 Å². The predicted molar refractivity (Wildman–Crippen MR) is 104 cm³/mol. The number of nitrogens with one attached hydrogen (secondary N) is 1. The third-order valence-electron chi connectivity index (χ3n) is 5.75. The molecule has 1 aromatic heterocycles. The van der Waals surface area contributed by atoms with Crippen LogP contribution in [0.25, 0.3) is 5.69 Å². The van der Waals surface area contributed by atoms with Crippen LogP contribution in [0.3, 0.4) is 0 Å². The Kier molecular flexibility index (Phi) is 4.94. The smallest absolute Gasteiger partial charge is 0.133 e. The zero-order valence-corrected chi connectivity index (χ0v) is 15.5. The third-order valence-corrected chi connectivity index (χ3v) is 5.75. The number of likely N-dealkylation sites (N-methyl/N-ethyl adjacent to an activating group) is 1. The van der Waals surface area contributed by atoms with E-state index in [0.29, 0.717) is 11.5 Å². The first-order valence-corrected chi connectivity index (χ1v) is 9.89. The van der Waals surface area contributed by atoms with Gasteiger partial charge in [0, 0.05) is 24.6 Å². The molecule has 0 radical (unpaired) electrons. The van der Waals surface area contributed by atoms with E-state index >= 15 is 0 Å². The molecule has 1 atom stereocenters. The van der Waals surface area contributed by atoms with E-state index in [4.69, 9.17) is 5.10 Å². The number of fused-ring (bicyclic) bond motifs is 1. The van der Waals surface area contributed by atoms with Crippen molar-refractivity contribution in [2.24, 2.45) is 0 Å². The summed E-state index contributed by atoms with van der Waals surface area (Å²) in [5.41, 5.74) is 4.18. The second kappa shape index (κ2) is 7.51. The van der Waals surface area contributed by atoms with Gasteiger partial charge in [-0.1, -0.05) is 19.1 Å². The fourth-order valence-electron chi connectivity index (χ4n) is 4.35. The van der Waals surface area contributed by atoms with Crippen LogP contribution in [0.1, 0.15) is 55.3 Å². The van der Waals surface area contributed by atoms with Gasteiger partial charge >= 0.3 is 0 Å². The maximum Gasteiger partial charge on any atom is 0.133 e. The number of hydrogen-bond acceptors (Lipinski definition) is 4. The molecule has 1 N–H and O–H groups in total. The van der Waals surface area contributed by atoms with E-state index in [1.807, 2.05) is 28.9 Å². The zero-order valence-electron chi connectivity index (χ0n) is 15.5. The molecule has 2 aromatic rings. The lowest BCUT2D eigenvalue weighted by atomic mass is 9.91. The molecular formula is C21H27N5. The number of nitrogens with zero attached hydrogens (tertiary/aromatic N) is 4. The molecule has 1 aromatic carbocycles. The lowest BCUT2D eigenvalue weighted by molar-refractivity contribution is 0.215. The van der Waals surface area contributed by atoms with Crippen molar-refractivity contribution in [1.82, 2.24) is 14.7 Å². The van der Waals surface area contributed by atoms with Crippen LogP contribution < -0.4 is 5.32 Å². The summed E-state index contributed by atoms with van der Waals surface area (Å²) in [6, 6.07) is 10.1. The minimum absolute atomic E-state index is 0.493. The van der Waals surface area contributed by atoms with Crippen molar-refractivity contribution in [3.8, 4) is 11.8 Å². The average Bonchev–Trinajstić information content (AvgIpc) is 2.88. The fourth-order valence-corrected chi connectivity index (χ4v) is 4.35. The molecule has 0 spiro atoms. The Labute approximate surface area is 155 Å². The van der Waals surface area contributed by atoms with Crippen LogP contribution in [0, 0.1) is 11.3 Å². The van der Waals surface area contributed by atoms with E-state index in [-0.39, 0.29) is 0 Å². The van der Waals surface area contributed by atoms with Crippen molar-refractivity contribution in [3.05, 3.63) is 41.1 Å². The van der Waals surface area contributed by atoms with Crippen molar-refractivity contribution in [2.45, 2.75) is 44.9 Å². The Morgan fingerprint density at radius 1 is 1.27 bits per heavy atom. The first kappa shape index (κ1) is 17.1. The topological polar surface area (TPSA) is 56.9 Å². The van der Waals surface area contributed by atoms with Crippen LogP contribution in [-0.4, -0.2) is 40.9 Å². The number of para-hydroxylation sites is 1. The summed E-state index contributed by atoms with van der Waals surface area (Å²) in [7, 11) is 0. The highest BCUT2D eigenvalue weighted by Crippen LogP contribution is 2.36. The van der Waals surface area contributed by atoms with E-state index < -0.39 is 0 Å². The third kappa shape index (κ3) is 3.10. The molecule has 136 valence electrons. The number of anilines is 1. The molecular weight excluding hydrogens is 322 g/mol. The first-order chi connectivity index (χ1) is 12.8. The van der Waals surface area contributed by atoms with Gasteiger partial charge in [-0.25, -0.2) is 4.68 Å². The minimum Gasteiger partial charge on any atom is -0.370 e. The van der Waals surface area contributed by atoms with Crippen LogP contribution in [0.4, 0.5) is 5.82 Å². The first-order valence-electron chi connectivity index (χ1n) is 9.89. The molecule has 0 aliphatic carbocycles. The van der Waals surface area contributed by atoms with Gasteiger partial charge in [0.15, 0.2) is 0 Å². The van der Waals surface area contributed by atoms with Crippen LogP contribution in [0.15, 0.2) is 24.3 Å². The van der Waals surface area contributed by atoms with E-state index in [1.54, 1.807) is 0 Å². The molecule has 5 nitrogen and oxygen atoms in total. The van der Waals surface area contributed by atoms with Crippen molar-refractivity contribution in [2.75, 3.05) is 31.5 Å². The summed E-state index contributed by atoms with van der Waals surface area (Å²) in [6.07, 6.45) is 5.90. The molecule has 4 rings (SSSR count). The predicted octanol–water partition coefficient (Wildman–Crippen LogP) is 3.69. The molecule has 2 aliphatic heterocycles. The van der Waals surface area contributed by atoms with Crippen molar-refractivity contribution < 1.29 is 0 Å². The van der Waals surface area contributed by atoms with E-state index in [1.165, 1.54) is 43.5 Å². The summed E-state index contributed by atoms with van der Waals surface area (Å²) >= 11 is 0. The number of hydrogen-bond donors (Lipinski definition) is 1. The molecule has 3 heterocycles. The largest absolute Gasteiger partial charge is 0.370 e. The number of benzene rings is 1. The molecule has 0 amide bonds. The number of aromatic nitrogens is 2. The van der Waals surface area contributed by atoms with Crippen LogP contribution in [-0.2, 0) is 6.42 Å². The normalized spacial score (nSPS) is 20.7. The Balaban J connectivity index is 1.81. The number of likely N-dealkylation sites (tertiary alicyclic amines) is 1. The number of rotatable bonds is 3. The maximum atomic E-state index is 9.54. The second-order valence-electron chi connectivity index (χ2n) is 7.37. The monoisotopic (exact) mass is 349 g/mol. The summed E-state index contributed by atoms with van der Waals surface area (Å²) in [5.74, 6) is 1.60. The highest BCUT2D eigenvalue weighted by Gasteiger charge is 2.29. The van der Waals surface area contributed by atoms with Gasteiger partial charge in [0.1, 0.15) is 11.9 Å². The summed E-state index contributed by atoms with van der Waals surface area (Å²) in [4.78, 5) is 2.53. The number of nitriles is 1. The lowest BCUT2D eigenvalue weighted by Gasteiger charge is -2.31. The summed E-state index contributed by atoms with van der Waals surface area (Å²) in [6.45, 7) is 6.62. The molecule has 2 aliphatic rings. The van der Waals surface area contributed by atoms with Crippen LogP contribution in [0.2, 0.25) is 0 Å². The Hall–Kier alpha value is -2.32. The van der Waals surface area contributed by atoms with Crippen molar-refractivity contribution in [1.29, 1.82) is 5.26 Å². The Bertz CT molecular complexity index is 816. The molecule has 0 saturated carbocycles. The quantitative estimate of drug-likeness (QED) is 0.918. The summed E-state index contributed by atoms with van der Waals surface area (Å²) < 4.78 is 2.00. The fraction of sp³-hybridized carbons (Fsp3) is 0.524. The van der Waals surface area contributed by atoms with Gasteiger partial charge < -0.3 is 10.2 Å².